The summed E-state index contributed by atoms with van der Waals surface area (Å²) in [5, 5.41) is 0. The monoisotopic (exact) mass is 155 g/mol. The topological polar surface area (TPSA) is 21.5 Å². The summed E-state index contributed by atoms with van der Waals surface area (Å²) in [7, 11) is 5.44. The van der Waals surface area contributed by atoms with Gasteiger partial charge >= 0.3 is 0 Å². The van der Waals surface area contributed by atoms with E-state index in [1.165, 1.54) is 0 Å². The molecule has 0 N–H and O–H groups in total. The van der Waals surface area contributed by atoms with Crippen molar-refractivity contribution in [2.24, 2.45) is 0 Å². The second-order valence-corrected chi connectivity index (χ2v) is 3.09. The van der Waals surface area contributed by atoms with E-state index in [4.69, 9.17) is 9.47 Å². The van der Waals surface area contributed by atoms with Crippen LogP contribution in [0, 0.1) is 0 Å². The lowest BCUT2D eigenvalue weighted by atomic mass is 10.2. The molecule has 1 aliphatic heterocycles. The minimum atomic E-state index is -0.473. The van der Waals surface area contributed by atoms with Gasteiger partial charge in [-0.15, -0.1) is 0 Å². The van der Waals surface area contributed by atoms with Crippen molar-refractivity contribution < 1.29 is 9.47 Å². The summed E-state index contributed by atoms with van der Waals surface area (Å²) in [6, 6.07) is 0.937. The number of ether oxygens (including phenoxy) is 2. The normalized spacial score (nSPS) is 44.1. The van der Waals surface area contributed by atoms with E-state index in [0.717, 1.165) is 0 Å². The molecule has 62 valence electrons. The molecule has 2 rings (SSSR count). The van der Waals surface area contributed by atoms with Gasteiger partial charge in [-0.25, -0.2) is 0 Å². The first kappa shape index (κ1) is 7.28. The largest absolute Gasteiger partial charge is 0.348 e. The Morgan fingerprint density at radius 2 is 2.00 bits per heavy atom. The molecule has 3 unspecified atom stereocenters. The van der Waals surface area contributed by atoms with Crippen LogP contribution in [0.1, 0.15) is 0 Å². The van der Waals surface area contributed by atoms with Crippen LogP contribution in [0.5, 0.6) is 0 Å². The predicted octanol–water partition coefficient (Wildman–Crippen LogP) is 0.228. The summed E-state index contributed by atoms with van der Waals surface area (Å²) in [5.74, 6) is -0.473. The van der Waals surface area contributed by atoms with Crippen LogP contribution in [0.25, 0.3) is 0 Å². The molecular weight excluding hydrogens is 142 g/mol. The fourth-order valence-corrected chi connectivity index (χ4v) is 1.92. The molecule has 3 atom stereocenters. The number of likely N-dealkylation sites (N-methyl/N-ethyl adjacent to an activating group) is 1. The Hall–Kier alpha value is -0.380. The van der Waals surface area contributed by atoms with Gasteiger partial charge in [0.15, 0.2) is 0 Å². The van der Waals surface area contributed by atoms with Crippen LogP contribution in [-0.2, 0) is 9.47 Å². The molecule has 0 aromatic carbocycles. The fraction of sp³-hybridized carbons (Fsp3) is 0.750. The lowest BCUT2D eigenvalue weighted by molar-refractivity contribution is -0.172. The summed E-state index contributed by atoms with van der Waals surface area (Å²) in [5.41, 5.74) is 0. The first-order valence-corrected chi connectivity index (χ1v) is 3.77. The van der Waals surface area contributed by atoms with Crippen molar-refractivity contribution in [3.05, 3.63) is 12.2 Å². The van der Waals surface area contributed by atoms with Gasteiger partial charge in [0.1, 0.15) is 0 Å². The molecule has 0 spiro atoms. The number of methoxy groups -OCH3 is 2. The Morgan fingerprint density at radius 3 is 2.27 bits per heavy atom. The van der Waals surface area contributed by atoms with Gasteiger partial charge in [0.05, 0.1) is 6.04 Å². The highest BCUT2D eigenvalue weighted by Gasteiger charge is 2.60. The Balaban J connectivity index is 2.20. The van der Waals surface area contributed by atoms with Crippen molar-refractivity contribution in [3.63, 3.8) is 0 Å². The third-order valence-electron chi connectivity index (χ3n) is 2.72. The van der Waals surface area contributed by atoms with Crippen molar-refractivity contribution in [1.82, 2.24) is 4.90 Å². The molecular formula is C8H13NO2. The maximum atomic E-state index is 5.32. The molecule has 3 heteroatoms. The SMILES string of the molecule is COC1(OC)C=CC2C1N2C. The number of nitrogens with zero attached hydrogens (tertiary/aromatic N) is 1. The maximum absolute atomic E-state index is 5.32. The van der Waals surface area contributed by atoms with Crippen molar-refractivity contribution in [2.75, 3.05) is 21.3 Å². The zero-order chi connectivity index (χ0) is 8.06. The van der Waals surface area contributed by atoms with Crippen molar-refractivity contribution in [3.8, 4) is 0 Å². The van der Waals surface area contributed by atoms with E-state index >= 15 is 0 Å². The number of hydrogen-bond acceptors (Lipinski definition) is 3. The zero-order valence-corrected chi connectivity index (χ0v) is 7.07. The second-order valence-electron chi connectivity index (χ2n) is 3.09. The molecule has 0 aromatic heterocycles. The molecule has 0 aromatic rings. The predicted molar refractivity (Wildman–Crippen MR) is 41.2 cm³/mol. The van der Waals surface area contributed by atoms with Gasteiger partial charge in [-0.3, -0.25) is 4.90 Å². The summed E-state index contributed by atoms with van der Waals surface area (Å²) >= 11 is 0. The van der Waals surface area contributed by atoms with E-state index in [0.29, 0.717) is 12.1 Å². The third kappa shape index (κ3) is 0.732. The minimum absolute atomic E-state index is 0.400. The molecule has 1 fully saturated rings. The van der Waals surface area contributed by atoms with E-state index < -0.39 is 5.79 Å². The van der Waals surface area contributed by atoms with Crippen molar-refractivity contribution in [1.29, 1.82) is 0 Å². The lowest BCUT2D eigenvalue weighted by Gasteiger charge is -2.25. The van der Waals surface area contributed by atoms with Gasteiger partial charge in [0.25, 0.3) is 0 Å². The summed E-state index contributed by atoms with van der Waals surface area (Å²) in [6.07, 6.45) is 4.14. The molecule has 1 saturated heterocycles. The lowest BCUT2D eigenvalue weighted by Crippen LogP contribution is -2.38. The van der Waals surface area contributed by atoms with E-state index in [9.17, 15) is 0 Å². The number of fused-ring (bicyclic) bond motifs is 1. The molecule has 0 radical (unpaired) electrons. The first-order valence-electron chi connectivity index (χ1n) is 3.77. The van der Waals surface area contributed by atoms with Crippen molar-refractivity contribution >= 4 is 0 Å². The average molecular weight is 155 g/mol. The molecule has 1 heterocycles. The van der Waals surface area contributed by atoms with Gasteiger partial charge in [0, 0.05) is 20.3 Å². The molecule has 1 aliphatic carbocycles. The standard InChI is InChI=1S/C8H13NO2/c1-9-6-4-5-8(10-2,11-3)7(6)9/h4-7H,1-3H3. The molecule has 3 nitrogen and oxygen atoms in total. The van der Waals surface area contributed by atoms with Gasteiger partial charge < -0.3 is 9.47 Å². The van der Waals surface area contributed by atoms with E-state index in [1.54, 1.807) is 14.2 Å². The number of rotatable bonds is 2. The molecule has 0 amide bonds. The van der Waals surface area contributed by atoms with Gasteiger partial charge in [-0.2, -0.15) is 0 Å². The van der Waals surface area contributed by atoms with Crippen LogP contribution < -0.4 is 0 Å². The molecule has 11 heavy (non-hydrogen) atoms. The van der Waals surface area contributed by atoms with Gasteiger partial charge in [-0.05, 0) is 13.1 Å². The van der Waals surface area contributed by atoms with E-state index in [2.05, 4.69) is 18.0 Å². The quantitative estimate of drug-likeness (QED) is 0.323. The molecule has 0 bridgehead atoms. The smallest absolute Gasteiger partial charge is 0.205 e. The van der Waals surface area contributed by atoms with E-state index in [1.807, 2.05) is 6.08 Å². The highest BCUT2D eigenvalue weighted by atomic mass is 16.7. The third-order valence-corrected chi connectivity index (χ3v) is 2.72. The van der Waals surface area contributed by atoms with Gasteiger partial charge in [0.2, 0.25) is 5.79 Å². The number of hydrogen-bond donors (Lipinski definition) is 0. The summed E-state index contributed by atoms with van der Waals surface area (Å²) < 4.78 is 10.6. The van der Waals surface area contributed by atoms with Crippen LogP contribution in [-0.4, -0.2) is 44.0 Å². The first-order chi connectivity index (χ1) is 5.25. The Kier molecular flexibility index (Phi) is 1.36. The van der Waals surface area contributed by atoms with Crippen LogP contribution in [0.3, 0.4) is 0 Å². The molecule has 2 aliphatic rings. The van der Waals surface area contributed by atoms with Crippen LogP contribution in [0.2, 0.25) is 0 Å². The molecule has 0 saturated carbocycles. The Morgan fingerprint density at radius 1 is 1.36 bits per heavy atom. The van der Waals surface area contributed by atoms with Crippen LogP contribution in [0.15, 0.2) is 12.2 Å². The minimum Gasteiger partial charge on any atom is -0.348 e. The van der Waals surface area contributed by atoms with Crippen LogP contribution in [0.4, 0.5) is 0 Å². The Labute approximate surface area is 66.6 Å². The summed E-state index contributed by atoms with van der Waals surface area (Å²) in [4.78, 5) is 2.23. The average Bonchev–Trinajstić information content (AvgIpc) is 2.57. The fourth-order valence-electron chi connectivity index (χ4n) is 1.92. The van der Waals surface area contributed by atoms with Crippen molar-refractivity contribution in [2.45, 2.75) is 17.9 Å². The van der Waals surface area contributed by atoms with E-state index in [-0.39, 0.29) is 0 Å². The highest BCUT2D eigenvalue weighted by molar-refractivity contribution is 5.30. The van der Waals surface area contributed by atoms with Crippen LogP contribution >= 0.6 is 0 Å². The maximum Gasteiger partial charge on any atom is 0.205 e. The Bertz CT molecular complexity index is 198. The summed E-state index contributed by atoms with van der Waals surface area (Å²) in [6.45, 7) is 0. The van der Waals surface area contributed by atoms with Gasteiger partial charge in [-0.1, -0.05) is 6.08 Å². The highest BCUT2D eigenvalue weighted by Crippen LogP contribution is 2.44. The zero-order valence-electron chi connectivity index (χ0n) is 7.07. The second kappa shape index (κ2) is 2.06.